The first-order valence-corrected chi connectivity index (χ1v) is 8.60. The molecule has 0 saturated carbocycles. The van der Waals surface area contributed by atoms with Gasteiger partial charge in [0.05, 0.1) is 6.54 Å². The van der Waals surface area contributed by atoms with Crippen molar-refractivity contribution >= 4 is 11.8 Å². The van der Waals surface area contributed by atoms with Gasteiger partial charge in [0.1, 0.15) is 18.1 Å². The molecule has 2 aromatic carbocycles. The molecule has 26 heavy (non-hydrogen) atoms. The summed E-state index contributed by atoms with van der Waals surface area (Å²) in [5.41, 5.74) is 7.14. The maximum Gasteiger partial charge on any atom is 0.260 e. The molecule has 6 heteroatoms. The second kappa shape index (κ2) is 8.38. The number of hydrogen-bond acceptors (Lipinski definition) is 4. The highest BCUT2D eigenvalue weighted by Gasteiger charge is 2.20. The van der Waals surface area contributed by atoms with Crippen molar-refractivity contribution in [3.05, 3.63) is 59.7 Å². The fourth-order valence-corrected chi connectivity index (χ4v) is 2.84. The second-order valence-electron chi connectivity index (χ2n) is 6.17. The van der Waals surface area contributed by atoms with Crippen LogP contribution in [0.5, 0.6) is 11.5 Å². The SMILES string of the molecule is NC(=O)CCc1ccc2c(c1)CN(C(=O)COc1ccccc1)CCO2. The van der Waals surface area contributed by atoms with Gasteiger partial charge in [-0.15, -0.1) is 0 Å². The van der Waals surface area contributed by atoms with Gasteiger partial charge in [0.2, 0.25) is 5.91 Å². The molecule has 2 amide bonds. The lowest BCUT2D eigenvalue weighted by molar-refractivity contribution is -0.134. The largest absolute Gasteiger partial charge is 0.491 e. The highest BCUT2D eigenvalue weighted by molar-refractivity contribution is 5.78. The van der Waals surface area contributed by atoms with Gasteiger partial charge in [0.15, 0.2) is 6.61 Å². The third kappa shape index (κ3) is 4.75. The number of aryl methyl sites for hydroxylation is 1. The molecule has 0 unspecified atom stereocenters. The first-order chi connectivity index (χ1) is 12.6. The average Bonchev–Trinajstić information content (AvgIpc) is 2.87. The molecule has 1 aliphatic heterocycles. The summed E-state index contributed by atoms with van der Waals surface area (Å²) in [4.78, 5) is 25.2. The zero-order valence-corrected chi connectivity index (χ0v) is 14.5. The van der Waals surface area contributed by atoms with E-state index in [4.69, 9.17) is 15.2 Å². The zero-order chi connectivity index (χ0) is 18.4. The summed E-state index contributed by atoms with van der Waals surface area (Å²) in [5, 5.41) is 0. The number of fused-ring (bicyclic) bond motifs is 1. The molecular formula is C20H22N2O4. The Morgan fingerprint density at radius 2 is 1.96 bits per heavy atom. The van der Waals surface area contributed by atoms with Crippen molar-refractivity contribution in [2.24, 2.45) is 5.73 Å². The normalized spacial score (nSPS) is 13.3. The van der Waals surface area contributed by atoms with Crippen LogP contribution in [-0.4, -0.2) is 36.5 Å². The van der Waals surface area contributed by atoms with Crippen LogP contribution in [0.1, 0.15) is 17.5 Å². The van der Waals surface area contributed by atoms with E-state index in [1.54, 1.807) is 4.90 Å². The van der Waals surface area contributed by atoms with Gasteiger partial charge in [0, 0.05) is 18.5 Å². The number of ether oxygens (including phenoxy) is 2. The van der Waals surface area contributed by atoms with Gasteiger partial charge in [-0.25, -0.2) is 0 Å². The topological polar surface area (TPSA) is 81.9 Å². The lowest BCUT2D eigenvalue weighted by atomic mass is 10.0. The fourth-order valence-electron chi connectivity index (χ4n) is 2.84. The average molecular weight is 354 g/mol. The van der Waals surface area contributed by atoms with Crippen LogP contribution in [0.4, 0.5) is 0 Å². The van der Waals surface area contributed by atoms with E-state index < -0.39 is 0 Å². The minimum absolute atomic E-state index is 0.0132. The van der Waals surface area contributed by atoms with E-state index in [2.05, 4.69) is 0 Å². The second-order valence-corrected chi connectivity index (χ2v) is 6.17. The lowest BCUT2D eigenvalue weighted by Crippen LogP contribution is -2.36. The quantitative estimate of drug-likeness (QED) is 0.859. The van der Waals surface area contributed by atoms with Crippen molar-refractivity contribution in [2.75, 3.05) is 19.8 Å². The van der Waals surface area contributed by atoms with Gasteiger partial charge >= 0.3 is 0 Å². The van der Waals surface area contributed by atoms with Crippen LogP contribution in [0.15, 0.2) is 48.5 Å². The van der Waals surface area contributed by atoms with Gasteiger partial charge in [-0.2, -0.15) is 0 Å². The Kier molecular flexibility index (Phi) is 5.73. The molecule has 1 aliphatic rings. The number of amides is 2. The molecular weight excluding hydrogens is 332 g/mol. The Bertz CT molecular complexity index is 777. The molecule has 0 saturated heterocycles. The van der Waals surface area contributed by atoms with E-state index in [-0.39, 0.29) is 18.4 Å². The number of primary amides is 1. The first-order valence-electron chi connectivity index (χ1n) is 8.60. The molecule has 3 rings (SSSR count). The van der Waals surface area contributed by atoms with Gasteiger partial charge < -0.3 is 20.1 Å². The summed E-state index contributed by atoms with van der Waals surface area (Å²) in [7, 11) is 0. The molecule has 2 N–H and O–H groups in total. The van der Waals surface area contributed by atoms with Crippen LogP contribution in [0.2, 0.25) is 0 Å². The molecule has 0 spiro atoms. The van der Waals surface area contributed by atoms with Crippen LogP contribution < -0.4 is 15.2 Å². The van der Waals surface area contributed by atoms with Crippen molar-refractivity contribution in [3.63, 3.8) is 0 Å². The number of nitrogens with zero attached hydrogens (tertiary/aromatic N) is 1. The monoisotopic (exact) mass is 354 g/mol. The molecule has 0 radical (unpaired) electrons. The summed E-state index contributed by atoms with van der Waals surface area (Å²) < 4.78 is 11.3. The third-order valence-electron chi connectivity index (χ3n) is 4.22. The number of para-hydroxylation sites is 1. The predicted octanol–water partition coefficient (Wildman–Crippen LogP) is 1.90. The van der Waals surface area contributed by atoms with Crippen molar-refractivity contribution in [2.45, 2.75) is 19.4 Å². The van der Waals surface area contributed by atoms with E-state index in [1.807, 2.05) is 48.5 Å². The number of carbonyl (C=O) groups is 2. The maximum absolute atomic E-state index is 12.5. The summed E-state index contributed by atoms with van der Waals surface area (Å²) in [5.74, 6) is 1.02. The Morgan fingerprint density at radius 1 is 1.15 bits per heavy atom. The van der Waals surface area contributed by atoms with Crippen LogP contribution in [0.25, 0.3) is 0 Å². The Balaban J connectivity index is 1.64. The molecule has 1 heterocycles. The number of hydrogen-bond donors (Lipinski definition) is 1. The van der Waals surface area contributed by atoms with E-state index in [0.29, 0.717) is 38.3 Å². The predicted molar refractivity (Wildman–Crippen MR) is 96.8 cm³/mol. The molecule has 0 atom stereocenters. The van der Waals surface area contributed by atoms with Gasteiger partial charge in [-0.3, -0.25) is 9.59 Å². The van der Waals surface area contributed by atoms with E-state index in [9.17, 15) is 9.59 Å². The molecule has 0 aromatic heterocycles. The number of carbonyl (C=O) groups excluding carboxylic acids is 2. The molecule has 0 fully saturated rings. The van der Waals surface area contributed by atoms with Gasteiger partial charge in [-0.1, -0.05) is 30.3 Å². The first kappa shape index (κ1) is 17.8. The van der Waals surface area contributed by atoms with Gasteiger partial charge in [0.25, 0.3) is 5.91 Å². The summed E-state index contributed by atoms with van der Waals surface area (Å²) in [6.07, 6.45) is 0.876. The Labute approximate surface area is 152 Å². The lowest BCUT2D eigenvalue weighted by Gasteiger charge is -2.20. The minimum Gasteiger partial charge on any atom is -0.491 e. The van der Waals surface area contributed by atoms with Crippen molar-refractivity contribution in [1.82, 2.24) is 4.90 Å². The fraction of sp³-hybridized carbons (Fsp3) is 0.300. The molecule has 136 valence electrons. The van der Waals surface area contributed by atoms with Crippen LogP contribution >= 0.6 is 0 Å². The zero-order valence-electron chi connectivity index (χ0n) is 14.5. The highest BCUT2D eigenvalue weighted by Crippen LogP contribution is 2.25. The maximum atomic E-state index is 12.5. The number of benzene rings is 2. The van der Waals surface area contributed by atoms with Crippen LogP contribution in [-0.2, 0) is 22.6 Å². The molecule has 0 aliphatic carbocycles. The van der Waals surface area contributed by atoms with Crippen molar-refractivity contribution < 1.29 is 19.1 Å². The Hall–Kier alpha value is -3.02. The highest BCUT2D eigenvalue weighted by atomic mass is 16.5. The minimum atomic E-state index is -0.328. The number of rotatable bonds is 6. The van der Waals surface area contributed by atoms with Gasteiger partial charge in [-0.05, 0) is 30.2 Å². The summed E-state index contributed by atoms with van der Waals surface area (Å²) in [6, 6.07) is 15.1. The van der Waals surface area contributed by atoms with Crippen LogP contribution in [0, 0.1) is 0 Å². The standard InChI is InChI=1S/C20H22N2O4/c21-19(23)9-7-15-6-8-18-16(12-15)13-22(10-11-25-18)20(24)14-26-17-4-2-1-3-5-17/h1-6,8,12H,7,9-11,13-14H2,(H2,21,23). The number of nitrogens with two attached hydrogens (primary N) is 1. The van der Waals surface area contributed by atoms with Crippen LogP contribution in [0.3, 0.4) is 0 Å². The third-order valence-corrected chi connectivity index (χ3v) is 4.22. The Morgan fingerprint density at radius 3 is 2.73 bits per heavy atom. The smallest absolute Gasteiger partial charge is 0.260 e. The summed E-state index contributed by atoms with van der Waals surface area (Å²) >= 11 is 0. The van der Waals surface area contributed by atoms with E-state index in [0.717, 1.165) is 16.9 Å². The summed E-state index contributed by atoms with van der Waals surface area (Å²) in [6.45, 7) is 1.38. The molecule has 2 aromatic rings. The molecule has 0 bridgehead atoms. The van der Waals surface area contributed by atoms with Crippen molar-refractivity contribution in [3.8, 4) is 11.5 Å². The van der Waals surface area contributed by atoms with E-state index in [1.165, 1.54) is 0 Å². The van der Waals surface area contributed by atoms with Crippen molar-refractivity contribution in [1.29, 1.82) is 0 Å². The molecule has 6 nitrogen and oxygen atoms in total. The van der Waals surface area contributed by atoms with E-state index >= 15 is 0 Å².